The van der Waals surface area contributed by atoms with Gasteiger partial charge in [-0.1, -0.05) is 30.3 Å². The van der Waals surface area contributed by atoms with Crippen LogP contribution in [0.5, 0.6) is 0 Å². The lowest BCUT2D eigenvalue weighted by molar-refractivity contribution is 0.313. The van der Waals surface area contributed by atoms with E-state index >= 15 is 0 Å². The van der Waals surface area contributed by atoms with E-state index in [0.29, 0.717) is 0 Å². The van der Waals surface area contributed by atoms with Crippen LogP contribution >= 0.6 is 0 Å². The number of nitrogens with two attached hydrogens (primary N) is 1. The molecule has 0 spiro atoms. The fourth-order valence-electron chi connectivity index (χ4n) is 4.18. The smallest absolute Gasteiger partial charge is 0.194 e. The molecule has 6 nitrogen and oxygen atoms in total. The van der Waals surface area contributed by atoms with Gasteiger partial charge >= 0.3 is 0 Å². The average molecular weight is 413 g/mol. The van der Waals surface area contributed by atoms with Crippen LogP contribution in [0.15, 0.2) is 71.7 Å². The zero-order valence-corrected chi connectivity index (χ0v) is 17.8. The summed E-state index contributed by atoms with van der Waals surface area (Å²) in [6.45, 7) is 4.35. The van der Waals surface area contributed by atoms with Gasteiger partial charge in [0, 0.05) is 60.6 Å². The molecule has 4 N–H and O–H groups in total. The summed E-state index contributed by atoms with van der Waals surface area (Å²) in [6.07, 6.45) is 1.70. The van der Waals surface area contributed by atoms with E-state index in [2.05, 4.69) is 81.0 Å². The first-order valence-corrected chi connectivity index (χ1v) is 10.7. The first-order valence-electron chi connectivity index (χ1n) is 10.7. The van der Waals surface area contributed by atoms with E-state index in [4.69, 9.17) is 5.73 Å². The summed E-state index contributed by atoms with van der Waals surface area (Å²) in [7, 11) is 2.18. The van der Waals surface area contributed by atoms with Crippen molar-refractivity contribution >= 4 is 29.0 Å². The topological polar surface area (TPSA) is 68.9 Å². The molecule has 5 rings (SSSR count). The fourth-order valence-corrected chi connectivity index (χ4v) is 4.18. The molecule has 0 aliphatic carbocycles. The minimum absolute atomic E-state index is 0.232. The van der Waals surface area contributed by atoms with Crippen LogP contribution in [0.1, 0.15) is 5.56 Å². The summed E-state index contributed by atoms with van der Waals surface area (Å²) < 4.78 is 0. The number of fused-ring (bicyclic) bond motifs is 1. The highest BCUT2D eigenvalue weighted by molar-refractivity contribution is 5.96. The van der Waals surface area contributed by atoms with Gasteiger partial charge in [0.2, 0.25) is 0 Å². The number of hydrogen-bond acceptors (Lipinski definition) is 6. The first kappa shape index (κ1) is 19.5. The van der Waals surface area contributed by atoms with Gasteiger partial charge in [-0.15, -0.1) is 0 Å². The van der Waals surface area contributed by atoms with Gasteiger partial charge in [0.25, 0.3) is 0 Å². The molecule has 0 radical (unpaired) electrons. The predicted octanol–water partition coefficient (Wildman–Crippen LogP) is 3.93. The number of nitrogens with zero attached hydrogens (tertiary/aromatic N) is 3. The van der Waals surface area contributed by atoms with Gasteiger partial charge in [0.15, 0.2) is 6.29 Å². The molecule has 1 atom stereocenters. The van der Waals surface area contributed by atoms with Crippen LogP contribution in [0, 0.1) is 0 Å². The van der Waals surface area contributed by atoms with Crippen molar-refractivity contribution in [1.29, 1.82) is 0 Å². The van der Waals surface area contributed by atoms with Crippen LogP contribution in [0.25, 0.3) is 11.1 Å². The summed E-state index contributed by atoms with van der Waals surface area (Å²) >= 11 is 0. The second-order valence-electron chi connectivity index (χ2n) is 8.20. The van der Waals surface area contributed by atoms with Crippen molar-refractivity contribution in [2.45, 2.75) is 6.29 Å². The number of nitrogen functional groups attached to an aromatic ring is 1. The molecule has 158 valence electrons. The largest absolute Gasteiger partial charge is 0.399 e. The van der Waals surface area contributed by atoms with Crippen LogP contribution in [0.3, 0.4) is 0 Å². The van der Waals surface area contributed by atoms with Gasteiger partial charge in [-0.3, -0.25) is 0 Å². The molecule has 2 aliphatic rings. The second kappa shape index (κ2) is 8.32. The Labute approximate surface area is 183 Å². The molecule has 0 bridgehead atoms. The number of para-hydroxylation sites is 1. The Balaban J connectivity index is 1.31. The van der Waals surface area contributed by atoms with Gasteiger partial charge in [-0.05, 0) is 49.0 Å². The molecule has 3 aromatic rings. The number of nitrogens with one attached hydrogen (secondary N) is 2. The Kier molecular flexibility index (Phi) is 5.22. The summed E-state index contributed by atoms with van der Waals surface area (Å²) in [5, 5.41) is 7.04. The van der Waals surface area contributed by atoms with Crippen molar-refractivity contribution < 1.29 is 0 Å². The molecule has 0 amide bonds. The van der Waals surface area contributed by atoms with Crippen LogP contribution in [-0.2, 0) is 0 Å². The number of likely N-dealkylation sites (N-methyl/N-ethyl adjacent to an activating group) is 1. The number of benzene rings is 3. The highest BCUT2D eigenvalue weighted by Crippen LogP contribution is 2.33. The molecule has 2 aliphatic heterocycles. The molecule has 1 fully saturated rings. The van der Waals surface area contributed by atoms with Crippen molar-refractivity contribution in [3.8, 4) is 11.1 Å². The SMILES string of the molecule is CN1CCN(c2ccc(NC3N=Cc4cccc(-c5cccc(N)c5)c4N3)cc2)CC1. The van der Waals surface area contributed by atoms with E-state index in [1.807, 2.05) is 24.4 Å². The molecular formula is C25H28N6. The third-order valence-electron chi connectivity index (χ3n) is 5.98. The molecule has 3 aromatic carbocycles. The van der Waals surface area contributed by atoms with E-state index in [1.165, 1.54) is 5.69 Å². The van der Waals surface area contributed by atoms with E-state index in [-0.39, 0.29) is 6.29 Å². The number of anilines is 4. The molecular weight excluding hydrogens is 384 g/mol. The average Bonchev–Trinajstić information content (AvgIpc) is 2.80. The number of aliphatic imine (C=N–C) groups is 1. The predicted molar refractivity (Wildman–Crippen MR) is 131 cm³/mol. The maximum atomic E-state index is 6.01. The summed E-state index contributed by atoms with van der Waals surface area (Å²) in [6, 6.07) is 22.8. The third kappa shape index (κ3) is 4.20. The van der Waals surface area contributed by atoms with Gasteiger partial charge in [0.1, 0.15) is 0 Å². The summed E-state index contributed by atoms with van der Waals surface area (Å²) in [5.41, 5.74) is 13.4. The Hall–Kier alpha value is -3.51. The number of hydrogen-bond donors (Lipinski definition) is 3. The van der Waals surface area contributed by atoms with E-state index < -0.39 is 0 Å². The zero-order valence-electron chi connectivity index (χ0n) is 17.8. The van der Waals surface area contributed by atoms with Crippen LogP contribution in [0.4, 0.5) is 22.7 Å². The van der Waals surface area contributed by atoms with E-state index in [1.54, 1.807) is 0 Å². The monoisotopic (exact) mass is 412 g/mol. The third-order valence-corrected chi connectivity index (χ3v) is 5.98. The summed E-state index contributed by atoms with van der Waals surface area (Å²) in [5.74, 6) is 0. The maximum Gasteiger partial charge on any atom is 0.194 e. The first-order chi connectivity index (χ1) is 15.2. The van der Waals surface area contributed by atoms with E-state index in [9.17, 15) is 0 Å². The van der Waals surface area contributed by atoms with Gasteiger partial charge in [0.05, 0.1) is 5.69 Å². The second-order valence-corrected chi connectivity index (χ2v) is 8.20. The molecule has 6 heteroatoms. The van der Waals surface area contributed by atoms with Crippen LogP contribution < -0.4 is 21.3 Å². The normalized spacial score (nSPS) is 18.4. The van der Waals surface area contributed by atoms with Crippen LogP contribution in [0.2, 0.25) is 0 Å². The van der Waals surface area contributed by atoms with Crippen molar-refractivity contribution in [1.82, 2.24) is 4.90 Å². The zero-order chi connectivity index (χ0) is 21.2. The van der Waals surface area contributed by atoms with Crippen molar-refractivity contribution in [2.24, 2.45) is 4.99 Å². The quantitative estimate of drug-likeness (QED) is 0.567. The molecule has 1 saturated heterocycles. The van der Waals surface area contributed by atoms with Gasteiger partial charge in [-0.25, -0.2) is 4.99 Å². The van der Waals surface area contributed by atoms with Crippen molar-refractivity contribution in [2.75, 3.05) is 54.5 Å². The lowest BCUT2D eigenvalue weighted by atomic mass is 9.99. The minimum atomic E-state index is -0.232. The fraction of sp³-hybridized carbons (Fsp3) is 0.240. The number of rotatable bonds is 4. The van der Waals surface area contributed by atoms with E-state index in [0.717, 1.165) is 59.9 Å². The van der Waals surface area contributed by atoms with Crippen molar-refractivity contribution in [3.05, 3.63) is 72.3 Å². The van der Waals surface area contributed by atoms with Gasteiger partial charge < -0.3 is 26.2 Å². The Morgan fingerprint density at radius 1 is 0.968 bits per heavy atom. The highest BCUT2D eigenvalue weighted by Gasteiger charge is 2.18. The maximum absolute atomic E-state index is 6.01. The lowest BCUT2D eigenvalue weighted by Gasteiger charge is -2.34. The molecule has 1 unspecified atom stereocenters. The molecule has 0 aromatic heterocycles. The van der Waals surface area contributed by atoms with Crippen LogP contribution in [-0.4, -0.2) is 50.6 Å². The molecule has 31 heavy (non-hydrogen) atoms. The van der Waals surface area contributed by atoms with Crippen molar-refractivity contribution in [3.63, 3.8) is 0 Å². The lowest BCUT2D eigenvalue weighted by Crippen LogP contribution is -2.44. The highest BCUT2D eigenvalue weighted by atomic mass is 15.3. The summed E-state index contributed by atoms with van der Waals surface area (Å²) in [4.78, 5) is 9.46. The Morgan fingerprint density at radius 3 is 2.52 bits per heavy atom. The number of piperazine rings is 1. The Morgan fingerprint density at radius 2 is 1.74 bits per heavy atom. The Bertz CT molecular complexity index is 1080. The molecule has 0 saturated carbocycles. The molecule has 2 heterocycles. The standard InChI is InChI=1S/C25H28N6/c1-30-12-14-31(15-13-30)22-10-8-21(9-11-22)28-25-27-17-19-5-3-7-23(24(19)29-25)18-4-2-6-20(26)16-18/h2-11,16-17,25,28-29H,12-15,26H2,1H3. The minimum Gasteiger partial charge on any atom is -0.399 e. The van der Waals surface area contributed by atoms with Gasteiger partial charge in [-0.2, -0.15) is 0 Å².